The molecular formula is C19H20N6OS. The molecule has 2 aromatic heterocycles. The van der Waals surface area contributed by atoms with Gasteiger partial charge in [0.05, 0.1) is 17.6 Å². The van der Waals surface area contributed by atoms with Crippen LogP contribution in [0, 0.1) is 0 Å². The number of amides is 1. The summed E-state index contributed by atoms with van der Waals surface area (Å²) in [6, 6.07) is 9.43. The Labute approximate surface area is 161 Å². The lowest BCUT2D eigenvalue weighted by Gasteiger charge is -2.26. The highest BCUT2D eigenvalue weighted by molar-refractivity contribution is 7.17. The number of nitrogens with two attached hydrogens (primary N) is 1. The van der Waals surface area contributed by atoms with Crippen molar-refractivity contribution in [1.82, 2.24) is 15.3 Å². The number of piperazine rings is 1. The minimum atomic E-state index is -0.201. The van der Waals surface area contributed by atoms with Gasteiger partial charge in [-0.25, -0.2) is 4.98 Å². The standard InChI is InChI=1S/C19H20N6OS/c20-15-2-1-14(13-3-5-21-6-4-13)11-16(15)24-18(26)17-12-23-19(27-17)25-9-7-22-8-10-25/h1-6,11-12,22H,7-10,20H2,(H,24,26). The van der Waals surface area contributed by atoms with Gasteiger partial charge in [-0.1, -0.05) is 17.4 Å². The Hall–Kier alpha value is -2.97. The molecule has 1 saturated heterocycles. The van der Waals surface area contributed by atoms with Crippen molar-refractivity contribution in [2.75, 3.05) is 42.1 Å². The highest BCUT2D eigenvalue weighted by Gasteiger charge is 2.17. The quantitative estimate of drug-likeness (QED) is 0.602. The monoisotopic (exact) mass is 380 g/mol. The van der Waals surface area contributed by atoms with Crippen LogP contribution in [0.2, 0.25) is 0 Å². The van der Waals surface area contributed by atoms with Gasteiger partial charge < -0.3 is 21.3 Å². The van der Waals surface area contributed by atoms with Crippen LogP contribution in [0.5, 0.6) is 0 Å². The fourth-order valence-electron chi connectivity index (χ4n) is 2.94. The third-order valence-corrected chi connectivity index (χ3v) is 5.48. The molecule has 0 aliphatic carbocycles. The summed E-state index contributed by atoms with van der Waals surface area (Å²) in [4.78, 5) is 23.9. The topological polar surface area (TPSA) is 96.2 Å². The van der Waals surface area contributed by atoms with Crippen LogP contribution in [0.3, 0.4) is 0 Å². The molecule has 4 rings (SSSR count). The zero-order valence-corrected chi connectivity index (χ0v) is 15.5. The maximum absolute atomic E-state index is 12.7. The number of anilines is 3. The minimum absolute atomic E-state index is 0.201. The summed E-state index contributed by atoms with van der Waals surface area (Å²) in [6.45, 7) is 3.66. The van der Waals surface area contributed by atoms with Gasteiger partial charge in [-0.3, -0.25) is 9.78 Å². The zero-order chi connectivity index (χ0) is 18.6. The number of hydrogen-bond donors (Lipinski definition) is 3. The highest BCUT2D eigenvalue weighted by atomic mass is 32.1. The number of nitrogens with zero attached hydrogens (tertiary/aromatic N) is 3. The van der Waals surface area contributed by atoms with Crippen LogP contribution in [-0.2, 0) is 0 Å². The number of carbonyl (C=O) groups is 1. The molecule has 7 nitrogen and oxygen atoms in total. The molecule has 1 aliphatic heterocycles. The van der Waals surface area contributed by atoms with Gasteiger partial charge in [0, 0.05) is 38.6 Å². The van der Waals surface area contributed by atoms with E-state index in [0.29, 0.717) is 16.3 Å². The van der Waals surface area contributed by atoms with Crippen LogP contribution in [0.1, 0.15) is 9.67 Å². The molecule has 0 radical (unpaired) electrons. The molecule has 1 fully saturated rings. The molecule has 3 heterocycles. The average Bonchev–Trinajstić information content (AvgIpc) is 3.21. The van der Waals surface area contributed by atoms with Crippen LogP contribution in [0.15, 0.2) is 48.9 Å². The summed E-state index contributed by atoms with van der Waals surface area (Å²) in [5.74, 6) is -0.201. The molecule has 0 saturated carbocycles. The lowest BCUT2D eigenvalue weighted by molar-refractivity contribution is 0.103. The Morgan fingerprint density at radius 1 is 1.15 bits per heavy atom. The fraction of sp³-hybridized carbons (Fsp3) is 0.211. The van der Waals surface area contributed by atoms with E-state index in [4.69, 9.17) is 5.73 Å². The van der Waals surface area contributed by atoms with E-state index in [2.05, 4.69) is 25.5 Å². The molecule has 27 heavy (non-hydrogen) atoms. The predicted octanol–water partition coefficient (Wildman–Crippen LogP) is 2.45. The predicted molar refractivity (Wildman–Crippen MR) is 109 cm³/mol. The van der Waals surface area contributed by atoms with E-state index in [0.717, 1.165) is 42.4 Å². The summed E-state index contributed by atoms with van der Waals surface area (Å²) in [6.07, 6.45) is 5.10. The van der Waals surface area contributed by atoms with Crippen molar-refractivity contribution in [2.24, 2.45) is 0 Å². The first kappa shape index (κ1) is 17.4. The molecule has 0 unspecified atom stereocenters. The number of hydrogen-bond acceptors (Lipinski definition) is 7. The Kier molecular flexibility index (Phi) is 4.99. The number of thiazole rings is 1. The molecule has 0 spiro atoms. The van der Waals surface area contributed by atoms with Crippen molar-refractivity contribution in [3.8, 4) is 11.1 Å². The second kappa shape index (κ2) is 7.73. The van der Waals surface area contributed by atoms with Crippen molar-refractivity contribution >= 4 is 33.8 Å². The summed E-state index contributed by atoms with van der Waals surface area (Å²) < 4.78 is 0. The van der Waals surface area contributed by atoms with Gasteiger partial charge in [0.2, 0.25) is 0 Å². The number of nitrogens with one attached hydrogen (secondary N) is 2. The molecule has 8 heteroatoms. The lowest BCUT2D eigenvalue weighted by atomic mass is 10.1. The fourth-order valence-corrected chi connectivity index (χ4v) is 3.81. The maximum atomic E-state index is 12.7. The van der Waals surface area contributed by atoms with E-state index < -0.39 is 0 Å². The molecule has 4 N–H and O–H groups in total. The first-order valence-electron chi connectivity index (χ1n) is 8.73. The van der Waals surface area contributed by atoms with Gasteiger partial charge in [-0.15, -0.1) is 0 Å². The van der Waals surface area contributed by atoms with E-state index in [-0.39, 0.29) is 5.91 Å². The van der Waals surface area contributed by atoms with Crippen LogP contribution < -0.4 is 21.3 Å². The molecule has 3 aromatic rings. The number of nitrogen functional groups attached to an aromatic ring is 1. The van der Waals surface area contributed by atoms with E-state index in [1.807, 2.05) is 24.3 Å². The molecular weight excluding hydrogens is 360 g/mol. The van der Waals surface area contributed by atoms with Gasteiger partial charge >= 0.3 is 0 Å². The van der Waals surface area contributed by atoms with Crippen molar-refractivity contribution < 1.29 is 4.79 Å². The first-order chi connectivity index (χ1) is 13.2. The minimum Gasteiger partial charge on any atom is -0.397 e. The van der Waals surface area contributed by atoms with Gasteiger partial charge in [0.25, 0.3) is 5.91 Å². The van der Waals surface area contributed by atoms with Crippen molar-refractivity contribution in [2.45, 2.75) is 0 Å². The second-order valence-electron chi connectivity index (χ2n) is 6.24. The average molecular weight is 380 g/mol. The smallest absolute Gasteiger partial charge is 0.267 e. The summed E-state index contributed by atoms with van der Waals surface area (Å²) in [7, 11) is 0. The Balaban J connectivity index is 1.52. The molecule has 138 valence electrons. The van der Waals surface area contributed by atoms with Crippen LogP contribution in [0.25, 0.3) is 11.1 Å². The Morgan fingerprint density at radius 3 is 2.70 bits per heavy atom. The second-order valence-corrected chi connectivity index (χ2v) is 7.25. The molecule has 1 amide bonds. The largest absolute Gasteiger partial charge is 0.397 e. The van der Waals surface area contributed by atoms with Crippen molar-refractivity contribution in [3.05, 3.63) is 53.8 Å². The Bertz CT molecular complexity index is 936. The van der Waals surface area contributed by atoms with Gasteiger partial charge in [-0.2, -0.15) is 0 Å². The summed E-state index contributed by atoms with van der Waals surface area (Å²) >= 11 is 1.40. The number of aromatic nitrogens is 2. The number of benzene rings is 1. The van der Waals surface area contributed by atoms with Crippen LogP contribution in [-0.4, -0.2) is 42.1 Å². The summed E-state index contributed by atoms with van der Waals surface area (Å²) in [5.41, 5.74) is 9.15. The summed E-state index contributed by atoms with van der Waals surface area (Å²) in [5, 5.41) is 7.10. The van der Waals surface area contributed by atoms with Gasteiger partial charge in [0.1, 0.15) is 4.88 Å². The SMILES string of the molecule is Nc1ccc(-c2ccncc2)cc1NC(=O)c1cnc(N2CCNCC2)s1. The first-order valence-corrected chi connectivity index (χ1v) is 9.55. The third kappa shape index (κ3) is 3.91. The Morgan fingerprint density at radius 2 is 1.93 bits per heavy atom. The maximum Gasteiger partial charge on any atom is 0.267 e. The van der Waals surface area contributed by atoms with Crippen LogP contribution >= 0.6 is 11.3 Å². The van der Waals surface area contributed by atoms with E-state index >= 15 is 0 Å². The molecule has 0 bridgehead atoms. The normalized spacial score (nSPS) is 14.1. The van der Waals surface area contributed by atoms with Crippen molar-refractivity contribution in [1.29, 1.82) is 0 Å². The molecule has 1 aliphatic rings. The van der Waals surface area contributed by atoms with Crippen molar-refractivity contribution in [3.63, 3.8) is 0 Å². The van der Waals surface area contributed by atoms with E-state index in [1.165, 1.54) is 11.3 Å². The molecule has 1 aromatic carbocycles. The van der Waals surface area contributed by atoms with Gasteiger partial charge in [-0.05, 0) is 35.4 Å². The van der Waals surface area contributed by atoms with E-state index in [9.17, 15) is 4.79 Å². The zero-order valence-electron chi connectivity index (χ0n) is 14.7. The number of rotatable bonds is 4. The molecule has 0 atom stereocenters. The van der Waals surface area contributed by atoms with Crippen LogP contribution in [0.4, 0.5) is 16.5 Å². The number of carbonyl (C=O) groups excluding carboxylic acids is 1. The third-order valence-electron chi connectivity index (χ3n) is 4.42. The van der Waals surface area contributed by atoms with E-state index in [1.54, 1.807) is 24.7 Å². The van der Waals surface area contributed by atoms with Gasteiger partial charge in [0.15, 0.2) is 5.13 Å². The highest BCUT2D eigenvalue weighted by Crippen LogP contribution is 2.29. The lowest BCUT2D eigenvalue weighted by Crippen LogP contribution is -2.43. The number of pyridine rings is 1.